The Bertz CT molecular complexity index is 575. The molecular formula is C16H23N3OS. The molecule has 1 aromatic carbocycles. The molecule has 0 saturated heterocycles. The van der Waals surface area contributed by atoms with Crippen molar-refractivity contribution >= 4 is 11.3 Å². The average molecular weight is 305 g/mol. The summed E-state index contributed by atoms with van der Waals surface area (Å²) in [7, 11) is 0. The summed E-state index contributed by atoms with van der Waals surface area (Å²) < 4.78 is 5.82. The molecule has 114 valence electrons. The molecule has 0 aliphatic heterocycles. The third-order valence-corrected chi connectivity index (χ3v) is 3.86. The van der Waals surface area contributed by atoms with E-state index in [1.54, 1.807) is 0 Å². The van der Waals surface area contributed by atoms with Crippen molar-refractivity contribution in [1.82, 2.24) is 15.5 Å². The third-order valence-electron chi connectivity index (χ3n) is 3.06. The van der Waals surface area contributed by atoms with E-state index in [0.717, 1.165) is 30.3 Å². The van der Waals surface area contributed by atoms with Crippen molar-refractivity contribution in [3.05, 3.63) is 34.8 Å². The van der Waals surface area contributed by atoms with Crippen molar-refractivity contribution in [2.75, 3.05) is 6.54 Å². The molecule has 0 spiro atoms. The Labute approximate surface area is 130 Å². The standard InChI is InChI=1S/C16H23N3OS/c1-5-9-17-11-14-18-19-15(21-14)20-13-8-6-7-12(10-13)16(2,3)4/h6-8,10,17H,5,9,11H2,1-4H3. The Morgan fingerprint density at radius 1 is 1.24 bits per heavy atom. The third kappa shape index (κ3) is 4.79. The molecule has 5 heteroatoms. The van der Waals surface area contributed by atoms with Gasteiger partial charge in [-0.05, 0) is 36.1 Å². The molecule has 1 heterocycles. The van der Waals surface area contributed by atoms with E-state index in [1.165, 1.54) is 16.9 Å². The Kier molecular flexibility index (Phi) is 5.31. The van der Waals surface area contributed by atoms with Crippen LogP contribution in [0.2, 0.25) is 0 Å². The van der Waals surface area contributed by atoms with Crippen LogP contribution in [0.4, 0.5) is 0 Å². The molecule has 0 fully saturated rings. The lowest BCUT2D eigenvalue weighted by Gasteiger charge is -2.19. The van der Waals surface area contributed by atoms with Crippen molar-refractivity contribution in [3.8, 4) is 10.9 Å². The molecule has 0 aliphatic rings. The van der Waals surface area contributed by atoms with Gasteiger partial charge in [-0.3, -0.25) is 0 Å². The minimum absolute atomic E-state index is 0.107. The summed E-state index contributed by atoms with van der Waals surface area (Å²) in [5.74, 6) is 0.812. The zero-order valence-corrected chi connectivity index (χ0v) is 14.0. The second-order valence-corrected chi connectivity index (χ2v) is 7.04. The van der Waals surface area contributed by atoms with Crippen molar-refractivity contribution in [2.45, 2.75) is 46.1 Å². The molecule has 0 saturated carbocycles. The first-order valence-electron chi connectivity index (χ1n) is 7.30. The van der Waals surface area contributed by atoms with E-state index < -0.39 is 0 Å². The lowest BCUT2D eigenvalue weighted by molar-refractivity contribution is 0.469. The maximum absolute atomic E-state index is 5.82. The molecule has 1 N–H and O–H groups in total. The van der Waals surface area contributed by atoms with Gasteiger partial charge in [0.1, 0.15) is 10.8 Å². The highest BCUT2D eigenvalue weighted by atomic mass is 32.1. The highest BCUT2D eigenvalue weighted by Crippen LogP contribution is 2.29. The minimum Gasteiger partial charge on any atom is -0.430 e. The molecule has 0 unspecified atom stereocenters. The molecule has 0 amide bonds. The molecular weight excluding hydrogens is 282 g/mol. The fraction of sp³-hybridized carbons (Fsp3) is 0.500. The van der Waals surface area contributed by atoms with E-state index in [-0.39, 0.29) is 5.41 Å². The topological polar surface area (TPSA) is 47.0 Å². The van der Waals surface area contributed by atoms with Gasteiger partial charge in [-0.25, -0.2) is 0 Å². The zero-order valence-electron chi connectivity index (χ0n) is 13.1. The lowest BCUT2D eigenvalue weighted by Crippen LogP contribution is -2.13. The number of aromatic nitrogens is 2. The summed E-state index contributed by atoms with van der Waals surface area (Å²) in [4.78, 5) is 0. The van der Waals surface area contributed by atoms with Crippen LogP contribution in [0.3, 0.4) is 0 Å². The van der Waals surface area contributed by atoms with Crippen LogP contribution < -0.4 is 10.1 Å². The van der Waals surface area contributed by atoms with Gasteiger partial charge in [0.05, 0.1) is 0 Å². The fourth-order valence-electron chi connectivity index (χ4n) is 1.85. The van der Waals surface area contributed by atoms with Crippen molar-refractivity contribution < 1.29 is 4.74 Å². The summed E-state index contributed by atoms with van der Waals surface area (Å²) >= 11 is 1.48. The van der Waals surface area contributed by atoms with Crippen LogP contribution in [0.1, 0.15) is 44.7 Å². The fourth-order valence-corrected chi connectivity index (χ4v) is 2.53. The average Bonchev–Trinajstić information content (AvgIpc) is 2.86. The first kappa shape index (κ1) is 15.9. The van der Waals surface area contributed by atoms with E-state index >= 15 is 0 Å². The van der Waals surface area contributed by atoms with Gasteiger partial charge in [0, 0.05) is 6.54 Å². The van der Waals surface area contributed by atoms with Crippen LogP contribution in [-0.2, 0) is 12.0 Å². The van der Waals surface area contributed by atoms with Crippen molar-refractivity contribution in [3.63, 3.8) is 0 Å². The lowest BCUT2D eigenvalue weighted by atomic mass is 9.87. The number of nitrogens with one attached hydrogen (secondary N) is 1. The van der Waals surface area contributed by atoms with E-state index in [9.17, 15) is 0 Å². The zero-order chi connectivity index (χ0) is 15.3. The summed E-state index contributed by atoms with van der Waals surface area (Å²) in [5.41, 5.74) is 1.35. The summed E-state index contributed by atoms with van der Waals surface area (Å²) in [6, 6.07) is 8.15. The molecule has 2 rings (SSSR count). The van der Waals surface area contributed by atoms with Crippen molar-refractivity contribution in [2.24, 2.45) is 0 Å². The van der Waals surface area contributed by atoms with Gasteiger partial charge < -0.3 is 10.1 Å². The number of benzene rings is 1. The first-order valence-corrected chi connectivity index (χ1v) is 8.12. The Morgan fingerprint density at radius 2 is 2.05 bits per heavy atom. The molecule has 1 aromatic heterocycles. The van der Waals surface area contributed by atoms with Gasteiger partial charge in [0.15, 0.2) is 0 Å². The van der Waals surface area contributed by atoms with Crippen LogP contribution >= 0.6 is 11.3 Å². The highest BCUT2D eigenvalue weighted by molar-refractivity contribution is 7.13. The van der Waals surface area contributed by atoms with Crippen LogP contribution in [-0.4, -0.2) is 16.7 Å². The Hall–Kier alpha value is -1.46. The highest BCUT2D eigenvalue weighted by Gasteiger charge is 2.14. The quantitative estimate of drug-likeness (QED) is 0.815. The van der Waals surface area contributed by atoms with Gasteiger partial charge in [0.2, 0.25) is 0 Å². The SMILES string of the molecule is CCCNCc1nnc(Oc2cccc(C(C)(C)C)c2)s1. The maximum Gasteiger partial charge on any atom is 0.299 e. The first-order chi connectivity index (χ1) is 9.99. The molecule has 4 nitrogen and oxygen atoms in total. The maximum atomic E-state index is 5.82. The summed E-state index contributed by atoms with van der Waals surface area (Å²) in [6.07, 6.45) is 1.11. The Balaban J connectivity index is 2.02. The summed E-state index contributed by atoms with van der Waals surface area (Å²) in [6.45, 7) is 10.4. The monoisotopic (exact) mass is 305 g/mol. The largest absolute Gasteiger partial charge is 0.430 e. The van der Waals surface area contributed by atoms with Gasteiger partial charge in [-0.2, -0.15) is 0 Å². The molecule has 0 aliphatic carbocycles. The summed E-state index contributed by atoms with van der Waals surface area (Å²) in [5, 5.41) is 13.1. The number of hydrogen-bond acceptors (Lipinski definition) is 5. The second kappa shape index (κ2) is 7.00. The van der Waals surface area contributed by atoms with Gasteiger partial charge in [-0.15, -0.1) is 5.10 Å². The smallest absolute Gasteiger partial charge is 0.299 e. The number of nitrogens with zero attached hydrogens (tertiary/aromatic N) is 2. The van der Waals surface area contributed by atoms with E-state index in [1.807, 2.05) is 12.1 Å². The molecule has 0 bridgehead atoms. The van der Waals surface area contributed by atoms with Crippen molar-refractivity contribution in [1.29, 1.82) is 0 Å². The van der Waals surface area contributed by atoms with Gasteiger partial charge in [0.25, 0.3) is 5.19 Å². The minimum atomic E-state index is 0.107. The number of ether oxygens (including phenoxy) is 1. The second-order valence-electron chi connectivity index (χ2n) is 6.02. The molecule has 0 atom stereocenters. The molecule has 21 heavy (non-hydrogen) atoms. The van der Waals surface area contributed by atoms with E-state index in [2.05, 4.69) is 55.3 Å². The van der Waals surface area contributed by atoms with Crippen LogP contribution in [0.25, 0.3) is 0 Å². The predicted molar refractivity (Wildman–Crippen MR) is 87.1 cm³/mol. The number of hydrogen-bond donors (Lipinski definition) is 1. The number of rotatable bonds is 6. The van der Waals surface area contributed by atoms with Gasteiger partial charge >= 0.3 is 0 Å². The van der Waals surface area contributed by atoms with E-state index in [4.69, 9.17) is 4.74 Å². The molecule has 2 aromatic rings. The predicted octanol–water partition coefficient (Wildman–Crippen LogP) is 4.13. The van der Waals surface area contributed by atoms with Crippen LogP contribution in [0.15, 0.2) is 24.3 Å². The van der Waals surface area contributed by atoms with Gasteiger partial charge in [-0.1, -0.05) is 56.3 Å². The van der Waals surface area contributed by atoms with Crippen LogP contribution in [0, 0.1) is 0 Å². The Morgan fingerprint density at radius 3 is 2.76 bits per heavy atom. The normalized spacial score (nSPS) is 11.6. The molecule has 0 radical (unpaired) electrons. The van der Waals surface area contributed by atoms with Crippen LogP contribution in [0.5, 0.6) is 10.9 Å². The van der Waals surface area contributed by atoms with E-state index in [0.29, 0.717) is 5.19 Å².